The summed E-state index contributed by atoms with van der Waals surface area (Å²) in [5, 5.41) is 6.63. The van der Waals surface area contributed by atoms with Gasteiger partial charge in [-0.1, -0.05) is 6.92 Å². The van der Waals surface area contributed by atoms with Gasteiger partial charge < -0.3 is 5.73 Å². The lowest BCUT2D eigenvalue weighted by Gasteiger charge is -2.26. The minimum absolute atomic E-state index is 0.0288. The Morgan fingerprint density at radius 2 is 2.00 bits per heavy atom. The van der Waals surface area contributed by atoms with Crippen molar-refractivity contribution in [3.8, 4) is 0 Å². The molecule has 19 heavy (non-hydrogen) atoms. The molecule has 0 spiro atoms. The van der Waals surface area contributed by atoms with E-state index < -0.39 is 10.0 Å². The Kier molecular flexibility index (Phi) is 4.27. The third-order valence-electron chi connectivity index (χ3n) is 3.76. The number of nitrogens with zero attached hydrogens (tertiary/aromatic N) is 1. The van der Waals surface area contributed by atoms with E-state index in [1.807, 2.05) is 0 Å². The van der Waals surface area contributed by atoms with E-state index in [2.05, 4.69) is 21.8 Å². The Bertz CT molecular complexity index is 530. The van der Waals surface area contributed by atoms with Gasteiger partial charge in [-0.25, -0.2) is 13.1 Å². The molecule has 0 aliphatic heterocycles. The number of H-pyrrole nitrogens is 1. The molecule has 0 unspecified atom stereocenters. The molecule has 0 bridgehead atoms. The second-order valence-electron chi connectivity index (χ2n) is 5.41. The highest BCUT2D eigenvalue weighted by molar-refractivity contribution is 7.89. The summed E-state index contributed by atoms with van der Waals surface area (Å²) in [6.07, 6.45) is 3.94. The van der Waals surface area contributed by atoms with Crippen molar-refractivity contribution in [2.45, 2.75) is 57.0 Å². The molecule has 0 aromatic carbocycles. The summed E-state index contributed by atoms with van der Waals surface area (Å²) in [5.74, 6) is 0.691. The SMILES string of the molecule is Cc1[nH]nc(CN)c1S(=O)(=O)NC1CCC(C)CC1. The number of rotatable bonds is 4. The van der Waals surface area contributed by atoms with Crippen molar-refractivity contribution in [3.05, 3.63) is 11.4 Å². The molecule has 1 aromatic rings. The maximum atomic E-state index is 12.4. The van der Waals surface area contributed by atoms with E-state index >= 15 is 0 Å². The van der Waals surface area contributed by atoms with E-state index in [9.17, 15) is 8.42 Å². The molecule has 7 heteroatoms. The molecule has 6 nitrogen and oxygen atoms in total. The lowest BCUT2D eigenvalue weighted by molar-refractivity contribution is 0.332. The second kappa shape index (κ2) is 5.60. The molecular weight excluding hydrogens is 264 g/mol. The fourth-order valence-corrected chi connectivity index (χ4v) is 4.30. The van der Waals surface area contributed by atoms with Crippen LogP contribution in [0.2, 0.25) is 0 Å². The maximum Gasteiger partial charge on any atom is 0.244 e. The minimum atomic E-state index is -3.53. The number of aromatic amines is 1. The first kappa shape index (κ1) is 14.5. The largest absolute Gasteiger partial charge is 0.325 e. The lowest BCUT2D eigenvalue weighted by Crippen LogP contribution is -2.37. The fourth-order valence-electron chi connectivity index (χ4n) is 2.62. The molecule has 0 saturated heterocycles. The lowest BCUT2D eigenvalue weighted by atomic mass is 9.88. The highest BCUT2D eigenvalue weighted by Gasteiger charge is 2.28. The van der Waals surface area contributed by atoms with Gasteiger partial charge in [0.05, 0.1) is 11.4 Å². The Morgan fingerprint density at radius 3 is 2.58 bits per heavy atom. The topological polar surface area (TPSA) is 101 Å². The summed E-state index contributed by atoms with van der Waals surface area (Å²) in [4.78, 5) is 0.216. The second-order valence-corrected chi connectivity index (χ2v) is 7.06. The molecule has 1 heterocycles. The van der Waals surface area contributed by atoms with Crippen molar-refractivity contribution < 1.29 is 8.42 Å². The average Bonchev–Trinajstić information content (AvgIpc) is 2.74. The van der Waals surface area contributed by atoms with Crippen molar-refractivity contribution in [1.82, 2.24) is 14.9 Å². The molecule has 2 rings (SSSR count). The van der Waals surface area contributed by atoms with E-state index in [0.29, 0.717) is 17.3 Å². The van der Waals surface area contributed by atoms with Crippen molar-refractivity contribution in [2.24, 2.45) is 11.7 Å². The predicted molar refractivity (Wildman–Crippen MR) is 73.0 cm³/mol. The van der Waals surface area contributed by atoms with Gasteiger partial charge in [-0.2, -0.15) is 5.10 Å². The Hall–Kier alpha value is -0.920. The fraction of sp³-hybridized carbons (Fsp3) is 0.750. The molecule has 0 amide bonds. The van der Waals surface area contributed by atoms with Crippen LogP contribution in [0, 0.1) is 12.8 Å². The zero-order chi connectivity index (χ0) is 14.0. The minimum Gasteiger partial charge on any atom is -0.325 e. The predicted octanol–water partition coefficient (Wildman–Crippen LogP) is 1.03. The van der Waals surface area contributed by atoms with Crippen LogP contribution >= 0.6 is 0 Å². The third-order valence-corrected chi connectivity index (χ3v) is 5.48. The molecule has 4 N–H and O–H groups in total. The van der Waals surface area contributed by atoms with Crippen LogP contribution in [0.5, 0.6) is 0 Å². The Balaban J connectivity index is 2.16. The van der Waals surface area contributed by atoms with Crippen LogP contribution in [0.25, 0.3) is 0 Å². The molecule has 0 atom stereocenters. The molecule has 1 aliphatic rings. The standard InChI is InChI=1S/C12H22N4O2S/c1-8-3-5-10(6-4-8)16-19(17,18)12-9(2)14-15-11(12)7-13/h8,10,16H,3-7,13H2,1-2H3,(H,14,15). The number of hydrogen-bond acceptors (Lipinski definition) is 4. The monoisotopic (exact) mass is 286 g/mol. The summed E-state index contributed by atoms with van der Waals surface area (Å²) < 4.78 is 27.6. The number of sulfonamides is 1. The third kappa shape index (κ3) is 3.16. The first-order chi connectivity index (χ1) is 8.94. The summed E-state index contributed by atoms with van der Waals surface area (Å²) in [6.45, 7) is 4.02. The van der Waals surface area contributed by atoms with Gasteiger partial charge in [-0.05, 0) is 38.5 Å². The van der Waals surface area contributed by atoms with Gasteiger partial charge in [0.25, 0.3) is 0 Å². The van der Waals surface area contributed by atoms with Crippen molar-refractivity contribution >= 4 is 10.0 Å². The summed E-state index contributed by atoms with van der Waals surface area (Å²) in [7, 11) is -3.53. The van der Waals surface area contributed by atoms with E-state index in [0.717, 1.165) is 25.7 Å². The molecule has 1 fully saturated rings. The van der Waals surface area contributed by atoms with Crippen LogP contribution in [0.15, 0.2) is 4.90 Å². The van der Waals surface area contributed by atoms with Crippen LogP contribution in [0.4, 0.5) is 0 Å². The quantitative estimate of drug-likeness (QED) is 0.769. The maximum absolute atomic E-state index is 12.4. The van der Waals surface area contributed by atoms with Gasteiger partial charge in [-0.15, -0.1) is 0 Å². The smallest absolute Gasteiger partial charge is 0.244 e. The number of aromatic nitrogens is 2. The molecule has 0 radical (unpaired) electrons. The molecule has 1 saturated carbocycles. The zero-order valence-corrected chi connectivity index (χ0v) is 12.3. The molecule has 108 valence electrons. The highest BCUT2D eigenvalue weighted by atomic mass is 32.2. The van der Waals surface area contributed by atoms with Crippen molar-refractivity contribution in [2.75, 3.05) is 0 Å². The van der Waals surface area contributed by atoms with Gasteiger partial charge in [0, 0.05) is 12.6 Å². The van der Waals surface area contributed by atoms with E-state index in [4.69, 9.17) is 5.73 Å². The summed E-state index contributed by atoms with van der Waals surface area (Å²) >= 11 is 0. The van der Waals surface area contributed by atoms with E-state index in [1.165, 1.54) is 0 Å². The number of nitrogens with two attached hydrogens (primary N) is 1. The number of hydrogen-bond donors (Lipinski definition) is 3. The van der Waals surface area contributed by atoms with E-state index in [1.54, 1.807) is 6.92 Å². The molecular formula is C12H22N4O2S. The van der Waals surface area contributed by atoms with Gasteiger partial charge in [0.2, 0.25) is 10.0 Å². The Morgan fingerprint density at radius 1 is 1.37 bits per heavy atom. The normalized spacial score (nSPS) is 24.6. The average molecular weight is 286 g/mol. The Labute approximate surface area is 114 Å². The van der Waals surface area contributed by atoms with Crippen LogP contribution in [0.1, 0.15) is 44.0 Å². The van der Waals surface area contributed by atoms with Gasteiger partial charge in [0.15, 0.2) is 0 Å². The zero-order valence-electron chi connectivity index (χ0n) is 11.4. The molecule has 1 aromatic heterocycles. The first-order valence-electron chi connectivity index (χ1n) is 6.70. The summed E-state index contributed by atoms with van der Waals surface area (Å²) in [6, 6.07) is 0.0288. The molecule has 1 aliphatic carbocycles. The van der Waals surface area contributed by atoms with Crippen LogP contribution in [-0.4, -0.2) is 24.7 Å². The highest BCUT2D eigenvalue weighted by Crippen LogP contribution is 2.25. The number of nitrogens with one attached hydrogen (secondary N) is 2. The van der Waals surface area contributed by atoms with E-state index in [-0.39, 0.29) is 17.5 Å². The van der Waals surface area contributed by atoms with Crippen LogP contribution < -0.4 is 10.5 Å². The van der Waals surface area contributed by atoms with Gasteiger partial charge >= 0.3 is 0 Å². The van der Waals surface area contributed by atoms with Crippen molar-refractivity contribution in [1.29, 1.82) is 0 Å². The van der Waals surface area contributed by atoms with Gasteiger partial charge in [0.1, 0.15) is 4.90 Å². The summed E-state index contributed by atoms with van der Waals surface area (Å²) in [5.41, 5.74) is 6.47. The van der Waals surface area contributed by atoms with Crippen LogP contribution in [-0.2, 0) is 16.6 Å². The van der Waals surface area contributed by atoms with Crippen LogP contribution in [0.3, 0.4) is 0 Å². The van der Waals surface area contributed by atoms with Gasteiger partial charge in [-0.3, -0.25) is 5.10 Å². The number of aryl methyl sites for hydroxylation is 1. The van der Waals surface area contributed by atoms with Crippen molar-refractivity contribution in [3.63, 3.8) is 0 Å². The first-order valence-corrected chi connectivity index (χ1v) is 8.18.